The molecule has 4 heteroatoms. The molecule has 1 aromatic rings. The third-order valence-corrected chi connectivity index (χ3v) is 3.87. The van der Waals surface area contributed by atoms with E-state index in [9.17, 15) is 0 Å². The van der Waals surface area contributed by atoms with Crippen LogP contribution in [0.2, 0.25) is 0 Å². The van der Waals surface area contributed by atoms with Crippen LogP contribution in [-0.2, 0) is 13.6 Å². The summed E-state index contributed by atoms with van der Waals surface area (Å²) in [7, 11) is 2.07. The van der Waals surface area contributed by atoms with Crippen molar-refractivity contribution in [1.82, 2.24) is 19.8 Å². The van der Waals surface area contributed by atoms with Gasteiger partial charge in [0, 0.05) is 19.8 Å². The lowest BCUT2D eigenvalue weighted by Gasteiger charge is -2.32. The third kappa shape index (κ3) is 3.82. The molecule has 0 spiro atoms. The maximum atomic E-state index is 4.18. The zero-order valence-electron chi connectivity index (χ0n) is 11.7. The van der Waals surface area contributed by atoms with Crippen molar-refractivity contribution in [2.24, 2.45) is 13.0 Å². The zero-order chi connectivity index (χ0) is 12.8. The first-order valence-electron chi connectivity index (χ1n) is 7.18. The van der Waals surface area contributed by atoms with Gasteiger partial charge in [0.15, 0.2) is 0 Å². The van der Waals surface area contributed by atoms with Crippen LogP contribution in [0, 0.1) is 5.92 Å². The summed E-state index contributed by atoms with van der Waals surface area (Å²) in [4.78, 5) is 6.73. The van der Waals surface area contributed by atoms with Crippen molar-refractivity contribution in [3.05, 3.63) is 18.2 Å². The summed E-state index contributed by atoms with van der Waals surface area (Å²) in [6.45, 7) is 8.09. The number of nitrogens with zero attached hydrogens (tertiary/aromatic N) is 3. The topological polar surface area (TPSA) is 33.1 Å². The highest BCUT2D eigenvalue weighted by Crippen LogP contribution is 2.18. The Hall–Kier alpha value is -0.870. The Bertz CT molecular complexity index is 339. The van der Waals surface area contributed by atoms with Crippen LogP contribution in [-0.4, -0.2) is 40.6 Å². The molecule has 2 heterocycles. The van der Waals surface area contributed by atoms with Crippen molar-refractivity contribution in [2.45, 2.75) is 32.7 Å². The summed E-state index contributed by atoms with van der Waals surface area (Å²) < 4.78 is 2.12. The molecule has 0 amide bonds. The van der Waals surface area contributed by atoms with E-state index in [1.807, 2.05) is 12.5 Å². The van der Waals surface area contributed by atoms with Gasteiger partial charge in [-0.1, -0.05) is 6.92 Å². The maximum Gasteiger partial charge on any atom is 0.0945 e. The molecule has 1 N–H and O–H groups in total. The lowest BCUT2D eigenvalue weighted by atomic mass is 9.96. The summed E-state index contributed by atoms with van der Waals surface area (Å²) in [5.74, 6) is 0.874. The van der Waals surface area contributed by atoms with Crippen LogP contribution in [0.15, 0.2) is 12.5 Å². The van der Waals surface area contributed by atoms with Crippen LogP contribution >= 0.6 is 0 Å². The smallest absolute Gasteiger partial charge is 0.0945 e. The molecule has 1 fully saturated rings. The lowest BCUT2D eigenvalue weighted by molar-refractivity contribution is 0.172. The minimum absolute atomic E-state index is 0.874. The number of hydrogen-bond acceptors (Lipinski definition) is 3. The van der Waals surface area contributed by atoms with Crippen LogP contribution in [0.5, 0.6) is 0 Å². The molecule has 0 unspecified atom stereocenters. The lowest BCUT2D eigenvalue weighted by Crippen LogP contribution is -2.37. The Morgan fingerprint density at radius 2 is 2.17 bits per heavy atom. The van der Waals surface area contributed by atoms with E-state index in [1.54, 1.807) is 0 Å². The van der Waals surface area contributed by atoms with Crippen molar-refractivity contribution >= 4 is 0 Å². The van der Waals surface area contributed by atoms with Gasteiger partial charge in [-0.2, -0.15) is 0 Å². The molecule has 18 heavy (non-hydrogen) atoms. The van der Waals surface area contributed by atoms with Gasteiger partial charge in [0.1, 0.15) is 0 Å². The number of likely N-dealkylation sites (tertiary alicyclic amines) is 1. The number of aryl methyl sites for hydroxylation is 1. The average Bonchev–Trinajstić information content (AvgIpc) is 2.78. The number of imidazole rings is 1. The first-order valence-corrected chi connectivity index (χ1v) is 7.18. The molecule has 1 aliphatic rings. The van der Waals surface area contributed by atoms with E-state index in [4.69, 9.17) is 0 Å². The second-order valence-corrected chi connectivity index (χ2v) is 5.42. The third-order valence-electron chi connectivity index (χ3n) is 3.87. The van der Waals surface area contributed by atoms with Crippen molar-refractivity contribution in [1.29, 1.82) is 0 Å². The van der Waals surface area contributed by atoms with E-state index in [-0.39, 0.29) is 0 Å². The van der Waals surface area contributed by atoms with Crippen LogP contribution in [0.25, 0.3) is 0 Å². The summed E-state index contributed by atoms with van der Waals surface area (Å²) in [6.07, 6.45) is 7.76. The second-order valence-electron chi connectivity index (χ2n) is 5.42. The first-order chi connectivity index (χ1) is 8.79. The second kappa shape index (κ2) is 6.90. The molecular weight excluding hydrogens is 224 g/mol. The molecule has 0 aliphatic carbocycles. The minimum atomic E-state index is 0.874. The molecular formula is C14H26N4. The molecule has 2 rings (SSSR count). The molecule has 1 saturated heterocycles. The number of aromatic nitrogens is 2. The largest absolute Gasteiger partial charge is 0.337 e. The van der Waals surface area contributed by atoms with E-state index in [0.717, 1.165) is 19.0 Å². The molecule has 0 atom stereocenters. The fourth-order valence-electron chi connectivity index (χ4n) is 2.60. The van der Waals surface area contributed by atoms with Crippen LogP contribution < -0.4 is 5.32 Å². The molecule has 102 valence electrons. The average molecular weight is 250 g/mol. The summed E-state index contributed by atoms with van der Waals surface area (Å²) in [6, 6.07) is 0. The highest BCUT2D eigenvalue weighted by Gasteiger charge is 2.19. The molecule has 4 nitrogen and oxygen atoms in total. The maximum absolute atomic E-state index is 4.18. The predicted molar refractivity (Wildman–Crippen MR) is 74.4 cm³/mol. The Morgan fingerprint density at radius 1 is 1.39 bits per heavy atom. The van der Waals surface area contributed by atoms with Crippen molar-refractivity contribution in [2.75, 3.05) is 26.2 Å². The molecule has 1 aromatic heterocycles. The zero-order valence-corrected chi connectivity index (χ0v) is 11.7. The summed E-state index contributed by atoms with van der Waals surface area (Å²) in [5.41, 5.74) is 1.32. The molecule has 0 radical (unpaired) electrons. The number of rotatable bonds is 6. The van der Waals surface area contributed by atoms with Gasteiger partial charge in [-0.05, 0) is 51.4 Å². The van der Waals surface area contributed by atoms with Gasteiger partial charge in [0.25, 0.3) is 0 Å². The van der Waals surface area contributed by atoms with Gasteiger partial charge in [0.05, 0.1) is 12.0 Å². The van der Waals surface area contributed by atoms with E-state index in [1.165, 1.54) is 44.6 Å². The summed E-state index contributed by atoms with van der Waals surface area (Å²) in [5, 5.41) is 3.54. The van der Waals surface area contributed by atoms with Crippen molar-refractivity contribution in [3.63, 3.8) is 0 Å². The normalized spacial score (nSPS) is 18.3. The molecule has 0 aromatic carbocycles. The van der Waals surface area contributed by atoms with Crippen molar-refractivity contribution < 1.29 is 0 Å². The minimum Gasteiger partial charge on any atom is -0.337 e. The van der Waals surface area contributed by atoms with Gasteiger partial charge >= 0.3 is 0 Å². The van der Waals surface area contributed by atoms with Gasteiger partial charge in [-0.15, -0.1) is 0 Å². The van der Waals surface area contributed by atoms with E-state index in [2.05, 4.69) is 33.7 Å². The van der Waals surface area contributed by atoms with E-state index >= 15 is 0 Å². The Balaban J connectivity index is 1.69. The van der Waals surface area contributed by atoms with Gasteiger partial charge in [-0.3, -0.25) is 4.90 Å². The van der Waals surface area contributed by atoms with Crippen molar-refractivity contribution in [3.8, 4) is 0 Å². The molecule has 0 bridgehead atoms. The van der Waals surface area contributed by atoms with Crippen LogP contribution in [0.4, 0.5) is 0 Å². The highest BCUT2D eigenvalue weighted by molar-refractivity contribution is 4.97. The predicted octanol–water partition coefficient (Wildman–Crippen LogP) is 1.63. The fourth-order valence-corrected chi connectivity index (χ4v) is 2.60. The highest BCUT2D eigenvalue weighted by atomic mass is 15.2. The van der Waals surface area contributed by atoms with Gasteiger partial charge in [0.2, 0.25) is 0 Å². The Labute approximate surface area is 110 Å². The number of hydrogen-bond donors (Lipinski definition) is 1. The number of nitrogens with one attached hydrogen (secondary N) is 1. The Morgan fingerprint density at radius 3 is 2.78 bits per heavy atom. The Kier molecular flexibility index (Phi) is 5.20. The fraction of sp³-hybridized carbons (Fsp3) is 0.786. The quantitative estimate of drug-likeness (QED) is 0.779. The standard InChI is InChI=1S/C14H26N4/c1-3-6-15-9-13-4-7-18(8-5-13)11-14-10-16-12-17(14)2/h10,12-13,15H,3-9,11H2,1-2H3. The molecule has 1 aliphatic heterocycles. The first kappa shape index (κ1) is 13.6. The van der Waals surface area contributed by atoms with Gasteiger partial charge in [-0.25, -0.2) is 4.98 Å². The van der Waals surface area contributed by atoms with Gasteiger partial charge < -0.3 is 9.88 Å². The number of piperidine rings is 1. The molecule has 0 saturated carbocycles. The SMILES string of the molecule is CCCNCC1CCN(Cc2cncn2C)CC1. The van der Waals surface area contributed by atoms with Crippen LogP contribution in [0.1, 0.15) is 31.9 Å². The van der Waals surface area contributed by atoms with E-state index in [0.29, 0.717) is 0 Å². The summed E-state index contributed by atoms with van der Waals surface area (Å²) >= 11 is 0. The monoisotopic (exact) mass is 250 g/mol. The van der Waals surface area contributed by atoms with Crippen LogP contribution in [0.3, 0.4) is 0 Å². The van der Waals surface area contributed by atoms with E-state index < -0.39 is 0 Å².